The molecule has 0 aromatic heterocycles. The van der Waals surface area contributed by atoms with Crippen LogP contribution in [0.1, 0.15) is 36.5 Å². The second-order valence-corrected chi connectivity index (χ2v) is 8.40. The summed E-state index contributed by atoms with van der Waals surface area (Å²) in [5.41, 5.74) is 4.34. The van der Waals surface area contributed by atoms with Gasteiger partial charge in [0.25, 0.3) is 0 Å². The molecule has 0 amide bonds. The third kappa shape index (κ3) is 3.04. The second kappa shape index (κ2) is 6.76. The van der Waals surface area contributed by atoms with Crippen molar-refractivity contribution in [3.63, 3.8) is 0 Å². The quantitative estimate of drug-likeness (QED) is 0.624. The maximum atomic E-state index is 13.4. The molecule has 0 fully saturated rings. The molecule has 0 saturated carbocycles. The summed E-state index contributed by atoms with van der Waals surface area (Å²) in [5.74, 6) is 0. The Morgan fingerprint density at radius 1 is 1.04 bits per heavy atom. The van der Waals surface area contributed by atoms with E-state index in [1.54, 1.807) is 0 Å². The summed E-state index contributed by atoms with van der Waals surface area (Å²) in [7, 11) is -1.81. The van der Waals surface area contributed by atoms with Gasteiger partial charge in [-0.15, -0.1) is 0 Å². The van der Waals surface area contributed by atoms with Gasteiger partial charge in [-0.05, 0) is 41.5 Å². The zero-order valence-corrected chi connectivity index (χ0v) is 15.1. The van der Waals surface area contributed by atoms with E-state index in [1.807, 2.05) is 48.5 Å². The first kappa shape index (κ1) is 16.5. The summed E-state index contributed by atoms with van der Waals surface area (Å²) >= 11 is 0. The molecule has 0 spiro atoms. The standard InChI is InChI=1S/C21H21O3P/c1-23-25(22)21-18(15-16-9-4-2-5-10-16)13-8-14-19(21)20(24-25)17-11-6-3-7-12-17/h2-7,9-12,15,20H,8,13-14H2,1H3/b18-15+. The molecule has 1 aliphatic heterocycles. The Kier molecular flexibility index (Phi) is 4.47. The largest absolute Gasteiger partial charge is 0.362 e. The van der Waals surface area contributed by atoms with Crippen molar-refractivity contribution < 1.29 is 13.6 Å². The van der Waals surface area contributed by atoms with Crippen LogP contribution in [0, 0.1) is 0 Å². The van der Waals surface area contributed by atoms with E-state index in [0.29, 0.717) is 0 Å². The Labute approximate surface area is 148 Å². The van der Waals surface area contributed by atoms with Crippen molar-refractivity contribution >= 4 is 13.7 Å². The second-order valence-electron chi connectivity index (χ2n) is 6.38. The maximum Gasteiger partial charge on any atom is 0.362 e. The molecule has 0 N–H and O–H groups in total. The van der Waals surface area contributed by atoms with Crippen molar-refractivity contribution in [2.45, 2.75) is 25.4 Å². The van der Waals surface area contributed by atoms with Crippen LogP contribution < -0.4 is 0 Å². The molecule has 128 valence electrons. The van der Waals surface area contributed by atoms with E-state index >= 15 is 0 Å². The molecule has 1 heterocycles. The van der Waals surface area contributed by atoms with Gasteiger partial charge in [-0.3, -0.25) is 9.09 Å². The molecule has 0 saturated heterocycles. The maximum absolute atomic E-state index is 13.4. The fraction of sp³-hybridized carbons (Fsp3) is 0.238. The number of hydrogen-bond donors (Lipinski definition) is 0. The predicted octanol–water partition coefficient (Wildman–Crippen LogP) is 6.12. The van der Waals surface area contributed by atoms with Crippen molar-refractivity contribution in [2.24, 2.45) is 0 Å². The number of benzene rings is 2. The van der Waals surface area contributed by atoms with Gasteiger partial charge in [0.15, 0.2) is 0 Å². The minimum atomic E-state index is -3.29. The molecular formula is C21H21O3P. The van der Waals surface area contributed by atoms with Crippen molar-refractivity contribution in [3.05, 3.63) is 88.3 Å². The average Bonchev–Trinajstić information content (AvgIpc) is 2.98. The van der Waals surface area contributed by atoms with Crippen LogP contribution in [-0.4, -0.2) is 7.11 Å². The predicted molar refractivity (Wildman–Crippen MR) is 100 cm³/mol. The van der Waals surface area contributed by atoms with Gasteiger partial charge in [0.1, 0.15) is 6.10 Å². The summed E-state index contributed by atoms with van der Waals surface area (Å²) < 4.78 is 24.8. The van der Waals surface area contributed by atoms with Crippen LogP contribution in [0.4, 0.5) is 0 Å². The third-order valence-electron chi connectivity index (χ3n) is 4.82. The molecule has 2 aromatic carbocycles. The Morgan fingerprint density at radius 2 is 1.72 bits per heavy atom. The third-order valence-corrected chi connectivity index (χ3v) is 6.91. The smallest absolute Gasteiger partial charge is 0.309 e. The van der Waals surface area contributed by atoms with Gasteiger partial charge >= 0.3 is 7.60 Å². The normalized spacial score (nSPS) is 27.6. The molecule has 3 nitrogen and oxygen atoms in total. The van der Waals surface area contributed by atoms with Gasteiger partial charge in [-0.1, -0.05) is 66.7 Å². The van der Waals surface area contributed by atoms with Crippen LogP contribution in [0.25, 0.3) is 6.08 Å². The Hall–Kier alpha value is -1.93. The van der Waals surface area contributed by atoms with Gasteiger partial charge in [0.2, 0.25) is 0 Å². The van der Waals surface area contributed by atoms with Crippen LogP contribution in [0.2, 0.25) is 0 Å². The molecule has 2 atom stereocenters. The van der Waals surface area contributed by atoms with Gasteiger partial charge in [-0.2, -0.15) is 0 Å². The van der Waals surface area contributed by atoms with Crippen molar-refractivity contribution in [3.8, 4) is 0 Å². The Balaban J connectivity index is 1.83. The van der Waals surface area contributed by atoms with Crippen LogP contribution in [0.5, 0.6) is 0 Å². The van der Waals surface area contributed by atoms with Crippen LogP contribution in [0.15, 0.2) is 77.1 Å². The molecule has 4 rings (SSSR count). The lowest BCUT2D eigenvalue weighted by Gasteiger charge is -2.20. The van der Waals surface area contributed by atoms with E-state index < -0.39 is 7.60 Å². The minimum Gasteiger partial charge on any atom is -0.309 e. The van der Waals surface area contributed by atoms with Gasteiger partial charge in [0.05, 0.1) is 5.31 Å². The highest BCUT2D eigenvalue weighted by atomic mass is 31.2. The molecule has 0 radical (unpaired) electrons. The fourth-order valence-electron chi connectivity index (χ4n) is 3.69. The highest BCUT2D eigenvalue weighted by Crippen LogP contribution is 2.70. The summed E-state index contributed by atoms with van der Waals surface area (Å²) in [5, 5.41) is 0.805. The van der Waals surface area contributed by atoms with E-state index in [4.69, 9.17) is 9.05 Å². The van der Waals surface area contributed by atoms with E-state index in [-0.39, 0.29) is 6.10 Å². The van der Waals surface area contributed by atoms with Crippen LogP contribution in [-0.2, 0) is 13.6 Å². The van der Waals surface area contributed by atoms with Gasteiger partial charge in [-0.25, -0.2) is 0 Å². The molecule has 1 aliphatic carbocycles. The van der Waals surface area contributed by atoms with Crippen LogP contribution in [0.3, 0.4) is 0 Å². The molecule has 2 aliphatic rings. The Bertz CT molecular complexity index is 869. The van der Waals surface area contributed by atoms with E-state index in [2.05, 4.69) is 18.2 Å². The summed E-state index contributed by atoms with van der Waals surface area (Å²) in [4.78, 5) is 0. The zero-order valence-electron chi connectivity index (χ0n) is 14.2. The van der Waals surface area contributed by atoms with E-state index in [0.717, 1.165) is 46.8 Å². The topological polar surface area (TPSA) is 35.5 Å². The molecule has 2 aromatic rings. The molecule has 25 heavy (non-hydrogen) atoms. The molecule has 4 heteroatoms. The fourth-order valence-corrected chi connectivity index (χ4v) is 5.70. The number of rotatable bonds is 3. The first-order chi connectivity index (χ1) is 12.2. The monoisotopic (exact) mass is 352 g/mol. The van der Waals surface area contributed by atoms with Crippen molar-refractivity contribution in [1.82, 2.24) is 0 Å². The average molecular weight is 352 g/mol. The highest BCUT2D eigenvalue weighted by Gasteiger charge is 2.47. The summed E-state index contributed by atoms with van der Waals surface area (Å²) in [6.07, 6.45) is 4.67. The van der Waals surface area contributed by atoms with Gasteiger partial charge < -0.3 is 4.52 Å². The lowest BCUT2D eigenvalue weighted by atomic mass is 9.88. The molecular weight excluding hydrogens is 331 g/mol. The lowest BCUT2D eigenvalue weighted by Crippen LogP contribution is -2.04. The van der Waals surface area contributed by atoms with Crippen molar-refractivity contribution in [1.29, 1.82) is 0 Å². The molecule has 2 unspecified atom stereocenters. The van der Waals surface area contributed by atoms with Crippen molar-refractivity contribution in [2.75, 3.05) is 7.11 Å². The number of hydrogen-bond acceptors (Lipinski definition) is 3. The first-order valence-corrected chi connectivity index (χ1v) is 10.1. The highest BCUT2D eigenvalue weighted by molar-refractivity contribution is 7.59. The summed E-state index contributed by atoms with van der Waals surface area (Å²) in [6.45, 7) is 0. The van der Waals surface area contributed by atoms with E-state index in [9.17, 15) is 4.57 Å². The minimum absolute atomic E-state index is 0.276. The number of allylic oxidation sites excluding steroid dienone is 2. The first-order valence-electron chi connectivity index (χ1n) is 8.60. The van der Waals surface area contributed by atoms with E-state index in [1.165, 1.54) is 7.11 Å². The SMILES string of the molecule is COP1(=O)OC(c2ccccc2)C2=C1/C(=C/c1ccccc1)CCC2. The lowest BCUT2D eigenvalue weighted by molar-refractivity contribution is 0.205. The van der Waals surface area contributed by atoms with Crippen LogP contribution >= 0.6 is 7.60 Å². The summed E-state index contributed by atoms with van der Waals surface area (Å²) in [6, 6.07) is 20.1. The molecule has 0 bridgehead atoms. The van der Waals surface area contributed by atoms with Gasteiger partial charge in [0, 0.05) is 7.11 Å². The Morgan fingerprint density at radius 3 is 2.40 bits per heavy atom. The zero-order chi connectivity index (χ0) is 17.3.